The van der Waals surface area contributed by atoms with Crippen molar-refractivity contribution < 1.29 is 8.91 Å². The molecule has 21 heavy (non-hydrogen) atoms. The first-order chi connectivity index (χ1) is 10.2. The second kappa shape index (κ2) is 5.65. The zero-order chi connectivity index (χ0) is 14.8. The van der Waals surface area contributed by atoms with Gasteiger partial charge in [-0.15, -0.1) is 0 Å². The summed E-state index contributed by atoms with van der Waals surface area (Å²) < 4.78 is 19.3. The van der Waals surface area contributed by atoms with Gasteiger partial charge in [-0.25, -0.2) is 4.39 Å². The van der Waals surface area contributed by atoms with Crippen LogP contribution in [0.25, 0.3) is 22.8 Å². The van der Waals surface area contributed by atoms with Gasteiger partial charge >= 0.3 is 0 Å². The van der Waals surface area contributed by atoms with Gasteiger partial charge in [0, 0.05) is 28.3 Å². The Kier molecular flexibility index (Phi) is 3.70. The fraction of sp³-hybridized carbons (Fsp3) is 0.0667. The van der Waals surface area contributed by atoms with Crippen molar-refractivity contribution in [3.63, 3.8) is 0 Å². The summed E-state index contributed by atoms with van der Waals surface area (Å²) in [5.74, 6) is 0.385. The Hall–Kier alpha value is -2.21. The second-order valence-corrected chi connectivity index (χ2v) is 5.23. The van der Waals surface area contributed by atoms with E-state index in [2.05, 4.69) is 31.4 Å². The fourth-order valence-electron chi connectivity index (χ4n) is 1.90. The first-order valence-electron chi connectivity index (χ1n) is 6.24. The van der Waals surface area contributed by atoms with Crippen LogP contribution in [-0.4, -0.2) is 17.2 Å². The molecule has 0 fully saturated rings. The molecule has 1 heterocycles. The molecule has 0 spiro atoms. The van der Waals surface area contributed by atoms with Crippen molar-refractivity contribution >= 4 is 21.6 Å². The average molecular weight is 348 g/mol. The van der Waals surface area contributed by atoms with Crippen molar-refractivity contribution in [3.05, 3.63) is 52.8 Å². The third-order valence-electron chi connectivity index (χ3n) is 3.02. The van der Waals surface area contributed by atoms with E-state index >= 15 is 0 Å². The van der Waals surface area contributed by atoms with Crippen LogP contribution in [0.1, 0.15) is 0 Å². The maximum atomic E-state index is 13.3. The molecular weight excluding hydrogens is 337 g/mol. The van der Waals surface area contributed by atoms with E-state index in [1.807, 2.05) is 31.3 Å². The van der Waals surface area contributed by atoms with Crippen molar-refractivity contribution in [1.82, 2.24) is 10.1 Å². The summed E-state index contributed by atoms with van der Waals surface area (Å²) in [6, 6.07) is 11.9. The van der Waals surface area contributed by atoms with Gasteiger partial charge in [0.05, 0.1) is 0 Å². The Morgan fingerprint density at radius 2 is 1.90 bits per heavy atom. The minimum Gasteiger partial charge on any atom is -0.388 e. The maximum Gasteiger partial charge on any atom is 0.258 e. The van der Waals surface area contributed by atoms with E-state index < -0.39 is 0 Å². The Morgan fingerprint density at radius 1 is 1.14 bits per heavy atom. The molecule has 0 unspecified atom stereocenters. The highest BCUT2D eigenvalue weighted by atomic mass is 79.9. The largest absolute Gasteiger partial charge is 0.388 e. The molecule has 3 rings (SSSR count). The van der Waals surface area contributed by atoms with Crippen LogP contribution in [0, 0.1) is 5.82 Å². The minimum absolute atomic E-state index is 0.342. The lowest BCUT2D eigenvalue weighted by Gasteiger charge is -1.99. The number of anilines is 1. The SMILES string of the molecule is CNc1ccc(-c2nc(-c3cc(F)ccc3Br)no2)cc1. The number of nitrogens with one attached hydrogen (secondary N) is 1. The topological polar surface area (TPSA) is 51.0 Å². The molecule has 0 aliphatic heterocycles. The van der Waals surface area contributed by atoms with E-state index in [0.717, 1.165) is 11.3 Å². The molecule has 3 aromatic rings. The molecule has 4 nitrogen and oxygen atoms in total. The minimum atomic E-state index is -0.349. The summed E-state index contributed by atoms with van der Waals surface area (Å²) >= 11 is 3.35. The van der Waals surface area contributed by atoms with Gasteiger partial charge in [-0.1, -0.05) is 21.1 Å². The first kappa shape index (κ1) is 13.8. The van der Waals surface area contributed by atoms with Crippen molar-refractivity contribution in [1.29, 1.82) is 0 Å². The molecule has 0 aliphatic rings. The standard InChI is InChI=1S/C15H11BrFN3O/c1-18-11-5-2-9(3-6-11)15-19-14(20-21-15)12-8-10(17)4-7-13(12)16/h2-8,18H,1H3. The molecule has 1 aromatic heterocycles. The van der Waals surface area contributed by atoms with Gasteiger partial charge in [-0.05, 0) is 42.5 Å². The molecule has 0 atom stereocenters. The molecule has 0 saturated carbocycles. The second-order valence-electron chi connectivity index (χ2n) is 4.37. The molecular formula is C15H11BrFN3O. The van der Waals surface area contributed by atoms with Crippen LogP contribution in [0.3, 0.4) is 0 Å². The Morgan fingerprint density at radius 3 is 2.62 bits per heavy atom. The quantitative estimate of drug-likeness (QED) is 0.765. The monoisotopic (exact) mass is 347 g/mol. The van der Waals surface area contributed by atoms with Gasteiger partial charge in [0.2, 0.25) is 5.82 Å². The van der Waals surface area contributed by atoms with E-state index in [4.69, 9.17) is 4.52 Å². The van der Waals surface area contributed by atoms with E-state index in [-0.39, 0.29) is 5.82 Å². The van der Waals surface area contributed by atoms with Crippen LogP contribution >= 0.6 is 15.9 Å². The zero-order valence-electron chi connectivity index (χ0n) is 11.1. The summed E-state index contributed by atoms with van der Waals surface area (Å²) in [5, 5.41) is 6.94. The summed E-state index contributed by atoms with van der Waals surface area (Å²) in [6.07, 6.45) is 0. The predicted octanol–water partition coefficient (Wildman–Crippen LogP) is 4.35. The van der Waals surface area contributed by atoms with Gasteiger partial charge in [0.1, 0.15) is 5.82 Å². The maximum absolute atomic E-state index is 13.3. The Balaban J connectivity index is 1.97. The number of hydrogen-bond donors (Lipinski definition) is 1. The number of nitrogens with zero attached hydrogens (tertiary/aromatic N) is 2. The number of rotatable bonds is 3. The van der Waals surface area contributed by atoms with Crippen LogP contribution in [0.2, 0.25) is 0 Å². The van der Waals surface area contributed by atoms with Crippen molar-refractivity contribution in [3.8, 4) is 22.8 Å². The molecule has 0 bridgehead atoms. The Bertz CT molecular complexity index is 771. The van der Waals surface area contributed by atoms with Gasteiger partial charge in [-0.3, -0.25) is 0 Å². The average Bonchev–Trinajstić information content (AvgIpc) is 2.99. The van der Waals surface area contributed by atoms with Crippen molar-refractivity contribution in [2.45, 2.75) is 0 Å². The molecule has 0 radical (unpaired) electrons. The lowest BCUT2D eigenvalue weighted by molar-refractivity contribution is 0.432. The number of aromatic nitrogens is 2. The van der Waals surface area contributed by atoms with Crippen LogP contribution in [0.5, 0.6) is 0 Å². The molecule has 0 aliphatic carbocycles. The van der Waals surface area contributed by atoms with Gasteiger partial charge in [-0.2, -0.15) is 4.98 Å². The third-order valence-corrected chi connectivity index (χ3v) is 3.71. The molecule has 0 saturated heterocycles. The summed E-state index contributed by atoms with van der Waals surface area (Å²) in [4.78, 5) is 4.31. The van der Waals surface area contributed by atoms with Crippen LogP contribution < -0.4 is 5.32 Å². The normalized spacial score (nSPS) is 10.6. The smallest absolute Gasteiger partial charge is 0.258 e. The van der Waals surface area contributed by atoms with E-state index in [9.17, 15) is 4.39 Å². The molecule has 0 amide bonds. The predicted molar refractivity (Wildman–Crippen MR) is 82.4 cm³/mol. The highest BCUT2D eigenvalue weighted by Gasteiger charge is 2.13. The van der Waals surface area contributed by atoms with Crippen molar-refractivity contribution in [2.24, 2.45) is 0 Å². The highest BCUT2D eigenvalue weighted by molar-refractivity contribution is 9.10. The van der Waals surface area contributed by atoms with Gasteiger partial charge < -0.3 is 9.84 Å². The van der Waals surface area contributed by atoms with Crippen molar-refractivity contribution in [2.75, 3.05) is 12.4 Å². The van der Waals surface area contributed by atoms with Crippen LogP contribution in [0.15, 0.2) is 51.5 Å². The third kappa shape index (κ3) is 2.80. The van der Waals surface area contributed by atoms with Gasteiger partial charge in [0.15, 0.2) is 0 Å². The van der Waals surface area contributed by atoms with E-state index in [0.29, 0.717) is 21.8 Å². The lowest BCUT2D eigenvalue weighted by atomic mass is 10.2. The lowest BCUT2D eigenvalue weighted by Crippen LogP contribution is -1.87. The summed E-state index contributed by atoms with van der Waals surface area (Å²) in [7, 11) is 1.85. The Labute approximate surface area is 129 Å². The number of benzene rings is 2. The number of halogens is 2. The van der Waals surface area contributed by atoms with Crippen LogP contribution in [-0.2, 0) is 0 Å². The van der Waals surface area contributed by atoms with E-state index in [1.165, 1.54) is 12.1 Å². The summed E-state index contributed by atoms with van der Waals surface area (Å²) in [5.41, 5.74) is 2.35. The van der Waals surface area contributed by atoms with Gasteiger partial charge in [0.25, 0.3) is 5.89 Å². The van der Waals surface area contributed by atoms with Crippen LogP contribution in [0.4, 0.5) is 10.1 Å². The molecule has 6 heteroatoms. The fourth-order valence-corrected chi connectivity index (χ4v) is 2.32. The highest BCUT2D eigenvalue weighted by Crippen LogP contribution is 2.29. The van der Waals surface area contributed by atoms with E-state index in [1.54, 1.807) is 6.07 Å². The zero-order valence-corrected chi connectivity index (χ0v) is 12.7. The molecule has 2 aromatic carbocycles. The molecule has 106 valence electrons. The summed E-state index contributed by atoms with van der Waals surface area (Å²) in [6.45, 7) is 0. The first-order valence-corrected chi connectivity index (χ1v) is 7.04. The molecule has 1 N–H and O–H groups in total. The number of hydrogen-bond acceptors (Lipinski definition) is 4.